The molecule has 92 valence electrons. The summed E-state index contributed by atoms with van der Waals surface area (Å²) in [6.45, 7) is 1.96. The quantitative estimate of drug-likeness (QED) is 0.786. The van der Waals surface area contributed by atoms with Crippen molar-refractivity contribution < 1.29 is 18.3 Å². The van der Waals surface area contributed by atoms with Gasteiger partial charge in [0.2, 0.25) is 0 Å². The molecule has 0 saturated carbocycles. The average molecular weight is 242 g/mol. The van der Waals surface area contributed by atoms with E-state index in [1.54, 1.807) is 0 Å². The smallest absolute Gasteiger partial charge is 0.376 e. The first kappa shape index (κ1) is 13.6. The number of rotatable bonds is 2. The Kier molecular flexibility index (Phi) is 4.59. The Balaban J connectivity index is 2.78. The van der Waals surface area contributed by atoms with Crippen LogP contribution in [0.3, 0.4) is 0 Å². The van der Waals surface area contributed by atoms with Crippen LogP contribution >= 0.6 is 0 Å². The first-order chi connectivity index (χ1) is 7.95. The molecule has 0 aliphatic heterocycles. The lowest BCUT2D eigenvalue weighted by Crippen LogP contribution is -2.05. The topological polar surface area (TPSA) is 20.2 Å². The second kappa shape index (κ2) is 5.74. The summed E-state index contributed by atoms with van der Waals surface area (Å²) in [5.74, 6) is 5.34. The van der Waals surface area contributed by atoms with E-state index >= 15 is 0 Å². The molecule has 1 rings (SSSR count). The highest BCUT2D eigenvalue weighted by Crippen LogP contribution is 2.29. The summed E-state index contributed by atoms with van der Waals surface area (Å²) in [4.78, 5) is 0. The normalized spacial score (nSPS) is 12.8. The molecular weight excluding hydrogens is 229 g/mol. The molecule has 0 bridgehead atoms. The number of hydrogen-bond acceptors (Lipinski definition) is 1. The van der Waals surface area contributed by atoms with Crippen molar-refractivity contribution in [2.45, 2.75) is 32.0 Å². The van der Waals surface area contributed by atoms with Crippen molar-refractivity contribution in [1.82, 2.24) is 0 Å². The minimum Gasteiger partial charge on any atom is -0.376 e. The molecule has 0 aliphatic carbocycles. The van der Waals surface area contributed by atoms with E-state index in [4.69, 9.17) is 0 Å². The Morgan fingerprint density at radius 1 is 1.24 bits per heavy atom. The predicted molar refractivity (Wildman–Crippen MR) is 59.1 cm³/mol. The van der Waals surface area contributed by atoms with Gasteiger partial charge in [0.1, 0.15) is 6.10 Å². The Labute approximate surface area is 98.3 Å². The summed E-state index contributed by atoms with van der Waals surface area (Å²) in [5, 5.41) is 9.59. The van der Waals surface area contributed by atoms with Crippen LogP contribution in [-0.2, 0) is 6.18 Å². The van der Waals surface area contributed by atoms with E-state index in [2.05, 4.69) is 11.8 Å². The maximum absolute atomic E-state index is 12.3. The van der Waals surface area contributed by atoms with Gasteiger partial charge >= 0.3 is 6.18 Å². The third-order valence-corrected chi connectivity index (χ3v) is 2.17. The van der Waals surface area contributed by atoms with Gasteiger partial charge in [-0.05, 0) is 24.1 Å². The number of halogens is 3. The van der Waals surface area contributed by atoms with Crippen LogP contribution < -0.4 is 0 Å². The molecule has 1 unspecified atom stereocenters. The second-order valence-electron chi connectivity index (χ2n) is 3.59. The van der Waals surface area contributed by atoms with Gasteiger partial charge in [0.15, 0.2) is 0 Å². The molecule has 0 heterocycles. The zero-order chi connectivity index (χ0) is 12.9. The number of aliphatic hydroxyl groups is 1. The van der Waals surface area contributed by atoms with Crippen molar-refractivity contribution in [3.8, 4) is 11.8 Å². The largest absolute Gasteiger partial charge is 0.416 e. The highest BCUT2D eigenvalue weighted by atomic mass is 19.4. The van der Waals surface area contributed by atoms with Gasteiger partial charge in [-0.3, -0.25) is 0 Å². The monoisotopic (exact) mass is 242 g/mol. The molecule has 1 aromatic rings. The summed E-state index contributed by atoms with van der Waals surface area (Å²) in [7, 11) is 0. The summed E-state index contributed by atoms with van der Waals surface area (Å²) in [6.07, 6.45) is -3.83. The number of benzene rings is 1. The van der Waals surface area contributed by atoms with Crippen LogP contribution in [0, 0.1) is 11.8 Å². The average Bonchev–Trinajstić information content (AvgIpc) is 2.28. The summed E-state index contributed by atoms with van der Waals surface area (Å²) in [6, 6.07) is 4.38. The molecule has 17 heavy (non-hydrogen) atoms. The molecule has 4 heteroatoms. The Bertz CT molecular complexity index is 409. The number of hydrogen-bond donors (Lipinski definition) is 1. The SMILES string of the molecule is CCCC#CC(O)c1ccc(C(F)(F)F)cc1. The minimum atomic E-state index is -4.35. The lowest BCUT2D eigenvalue weighted by molar-refractivity contribution is -0.137. The molecule has 1 atom stereocenters. The fraction of sp³-hybridized carbons (Fsp3) is 0.385. The molecule has 0 saturated heterocycles. The Hall–Kier alpha value is -1.47. The van der Waals surface area contributed by atoms with E-state index < -0.39 is 17.8 Å². The fourth-order valence-electron chi connectivity index (χ4n) is 1.23. The van der Waals surface area contributed by atoms with E-state index in [0.717, 1.165) is 18.6 Å². The summed E-state index contributed by atoms with van der Waals surface area (Å²) >= 11 is 0. The van der Waals surface area contributed by atoms with Crippen molar-refractivity contribution in [1.29, 1.82) is 0 Å². The molecule has 1 N–H and O–H groups in total. The predicted octanol–water partition coefficient (Wildman–Crippen LogP) is 3.54. The van der Waals surface area contributed by atoms with Gasteiger partial charge in [-0.25, -0.2) is 0 Å². The van der Waals surface area contributed by atoms with E-state index in [1.165, 1.54) is 12.1 Å². The van der Waals surface area contributed by atoms with Crippen LogP contribution in [0.5, 0.6) is 0 Å². The van der Waals surface area contributed by atoms with Gasteiger partial charge in [0.25, 0.3) is 0 Å². The van der Waals surface area contributed by atoms with Crippen molar-refractivity contribution in [2.75, 3.05) is 0 Å². The molecule has 1 aromatic carbocycles. The summed E-state index contributed by atoms with van der Waals surface area (Å²) in [5.41, 5.74) is -0.350. The Morgan fingerprint density at radius 2 is 1.82 bits per heavy atom. The number of unbranched alkanes of at least 4 members (excludes halogenated alkanes) is 1. The highest BCUT2D eigenvalue weighted by molar-refractivity contribution is 5.29. The second-order valence-corrected chi connectivity index (χ2v) is 3.59. The third-order valence-electron chi connectivity index (χ3n) is 2.17. The minimum absolute atomic E-state index is 0.376. The molecule has 0 aliphatic rings. The van der Waals surface area contributed by atoms with Gasteiger partial charge in [-0.2, -0.15) is 13.2 Å². The van der Waals surface area contributed by atoms with E-state index in [0.29, 0.717) is 12.0 Å². The zero-order valence-electron chi connectivity index (χ0n) is 9.38. The molecule has 0 radical (unpaired) electrons. The molecule has 0 fully saturated rings. The highest BCUT2D eigenvalue weighted by Gasteiger charge is 2.30. The van der Waals surface area contributed by atoms with Crippen LogP contribution in [0.25, 0.3) is 0 Å². The maximum atomic E-state index is 12.3. The fourth-order valence-corrected chi connectivity index (χ4v) is 1.23. The maximum Gasteiger partial charge on any atom is 0.416 e. The molecule has 0 aromatic heterocycles. The molecule has 0 spiro atoms. The number of alkyl halides is 3. The standard InChI is InChI=1S/C13H13F3O/c1-2-3-4-5-12(17)10-6-8-11(9-7-10)13(14,15)16/h6-9,12,17H,2-3H2,1H3. The van der Waals surface area contributed by atoms with Crippen molar-refractivity contribution in [3.05, 3.63) is 35.4 Å². The first-order valence-electron chi connectivity index (χ1n) is 5.28. The molecular formula is C13H13F3O. The van der Waals surface area contributed by atoms with Gasteiger partial charge in [0, 0.05) is 6.42 Å². The lowest BCUT2D eigenvalue weighted by atomic mass is 10.1. The first-order valence-corrected chi connectivity index (χ1v) is 5.28. The van der Waals surface area contributed by atoms with Gasteiger partial charge in [-0.1, -0.05) is 25.0 Å². The van der Waals surface area contributed by atoms with Crippen LogP contribution in [0.1, 0.15) is 37.0 Å². The van der Waals surface area contributed by atoms with Crippen LogP contribution in [-0.4, -0.2) is 5.11 Å². The van der Waals surface area contributed by atoms with Gasteiger partial charge in [0.05, 0.1) is 5.56 Å². The zero-order valence-corrected chi connectivity index (χ0v) is 9.38. The van der Waals surface area contributed by atoms with Crippen molar-refractivity contribution >= 4 is 0 Å². The number of aliphatic hydroxyl groups excluding tert-OH is 1. The van der Waals surface area contributed by atoms with Crippen LogP contribution in [0.15, 0.2) is 24.3 Å². The molecule has 0 amide bonds. The van der Waals surface area contributed by atoms with Crippen molar-refractivity contribution in [3.63, 3.8) is 0 Å². The van der Waals surface area contributed by atoms with Crippen LogP contribution in [0.2, 0.25) is 0 Å². The van der Waals surface area contributed by atoms with Crippen molar-refractivity contribution in [2.24, 2.45) is 0 Å². The van der Waals surface area contributed by atoms with Crippen LogP contribution in [0.4, 0.5) is 13.2 Å². The van der Waals surface area contributed by atoms with Gasteiger partial charge in [-0.15, -0.1) is 5.92 Å². The van der Waals surface area contributed by atoms with E-state index in [-0.39, 0.29) is 0 Å². The Morgan fingerprint density at radius 3 is 2.29 bits per heavy atom. The van der Waals surface area contributed by atoms with Gasteiger partial charge < -0.3 is 5.11 Å². The lowest BCUT2D eigenvalue weighted by Gasteiger charge is -2.08. The van der Waals surface area contributed by atoms with E-state index in [9.17, 15) is 18.3 Å². The van der Waals surface area contributed by atoms with E-state index in [1.807, 2.05) is 6.92 Å². The summed E-state index contributed by atoms with van der Waals surface area (Å²) < 4.78 is 36.8. The molecule has 1 nitrogen and oxygen atoms in total. The third kappa shape index (κ3) is 4.12.